The molecule has 0 spiro atoms. The van der Waals surface area contributed by atoms with Crippen LogP contribution in [0.25, 0.3) is 71.4 Å². The Kier molecular flexibility index (Phi) is 14.4. The summed E-state index contributed by atoms with van der Waals surface area (Å²) in [5, 5.41) is 16.3. The van der Waals surface area contributed by atoms with E-state index in [9.17, 15) is 13.6 Å². The monoisotopic (exact) mass is 908 g/mol. The Hall–Kier alpha value is -8.41. The van der Waals surface area contributed by atoms with E-state index in [1.54, 1.807) is 47.9 Å². The number of aryl methyl sites for hydroxylation is 2. The Morgan fingerprint density at radius 3 is 1.72 bits per heavy atom. The SMILES string of the molecule is Cc1ncnc2ccc(-c3cnc(N)nc3-c3ccc(F)cc3)cc12.N#CC1CCNCC1.[C-]#[N+]C1CCN(C(=O)Nc2ncc(-c3ccc4ncnc(C)c4c3)c(-c3ccc(F)cc3)n2)CC1. The van der Waals surface area contributed by atoms with E-state index in [-0.39, 0.29) is 35.6 Å². The van der Waals surface area contributed by atoms with Crippen LogP contribution in [0.15, 0.2) is 110 Å². The number of carbonyl (C=O) groups is 1. The van der Waals surface area contributed by atoms with Crippen molar-refractivity contribution >= 4 is 39.7 Å². The number of anilines is 2. The second kappa shape index (κ2) is 21.3. The molecule has 2 saturated heterocycles. The highest BCUT2D eigenvalue weighted by Crippen LogP contribution is 2.34. The van der Waals surface area contributed by atoms with Crippen molar-refractivity contribution in [2.75, 3.05) is 37.2 Å². The van der Waals surface area contributed by atoms with Crippen LogP contribution in [0, 0.1) is 49.3 Å². The fourth-order valence-electron chi connectivity index (χ4n) is 7.95. The number of hydrogen-bond acceptors (Lipinski definition) is 12. The molecular weight excluding hydrogens is 863 g/mol. The minimum atomic E-state index is -0.348. The van der Waals surface area contributed by atoms with E-state index in [1.165, 1.54) is 30.6 Å². The molecule has 15 nitrogen and oxygen atoms in total. The van der Waals surface area contributed by atoms with Gasteiger partial charge in [-0.3, -0.25) is 5.32 Å². The Morgan fingerprint density at radius 2 is 1.22 bits per heavy atom. The van der Waals surface area contributed by atoms with E-state index in [0.29, 0.717) is 48.8 Å². The van der Waals surface area contributed by atoms with E-state index in [2.05, 4.69) is 61.4 Å². The maximum Gasteiger partial charge on any atom is 0.324 e. The van der Waals surface area contributed by atoms with Gasteiger partial charge >= 0.3 is 6.03 Å². The average Bonchev–Trinajstić information content (AvgIpc) is 3.37. The van der Waals surface area contributed by atoms with Gasteiger partial charge < -0.3 is 20.8 Å². The number of fused-ring (bicyclic) bond motifs is 2. The molecule has 0 bridgehead atoms. The molecule has 2 aliphatic heterocycles. The van der Waals surface area contributed by atoms with Gasteiger partial charge in [0.25, 0.3) is 0 Å². The van der Waals surface area contributed by atoms with Crippen molar-refractivity contribution in [3.05, 3.63) is 144 Å². The van der Waals surface area contributed by atoms with Gasteiger partial charge in [0.15, 0.2) is 0 Å². The molecule has 2 aliphatic rings. The van der Waals surface area contributed by atoms with Crippen LogP contribution >= 0.6 is 0 Å². The molecule has 0 unspecified atom stereocenters. The Labute approximate surface area is 391 Å². The molecule has 4 N–H and O–H groups in total. The van der Waals surface area contributed by atoms with Gasteiger partial charge in [-0.1, -0.05) is 12.1 Å². The molecule has 0 radical (unpaired) electrons. The molecule has 17 heteroatoms. The number of halogens is 2. The molecule has 0 aliphatic carbocycles. The normalized spacial score (nSPS) is 13.9. The number of hydrogen-bond donors (Lipinski definition) is 3. The first kappa shape index (κ1) is 46.1. The number of urea groups is 1. The fourth-order valence-corrected chi connectivity index (χ4v) is 7.95. The van der Waals surface area contributed by atoms with Crippen LogP contribution in [0.1, 0.15) is 37.1 Å². The summed E-state index contributed by atoms with van der Waals surface area (Å²) in [7, 11) is 0. The second-order valence-electron chi connectivity index (χ2n) is 16.3. The molecule has 0 atom stereocenters. The smallest absolute Gasteiger partial charge is 0.324 e. The number of rotatable bonds is 5. The summed E-state index contributed by atoms with van der Waals surface area (Å²) in [4.78, 5) is 52.7. The molecule has 0 saturated carbocycles. The van der Waals surface area contributed by atoms with Crippen molar-refractivity contribution in [1.29, 1.82) is 5.26 Å². The molecule has 4 aromatic heterocycles. The van der Waals surface area contributed by atoms with Crippen LogP contribution < -0.4 is 16.4 Å². The molecule has 6 heterocycles. The topological polar surface area (TPSA) is 202 Å². The van der Waals surface area contributed by atoms with Gasteiger partial charge in [0.2, 0.25) is 17.9 Å². The molecular formula is C51H46F2N14O. The highest BCUT2D eigenvalue weighted by atomic mass is 19.1. The lowest BCUT2D eigenvalue weighted by Crippen LogP contribution is -2.42. The summed E-state index contributed by atoms with van der Waals surface area (Å²) in [5.41, 5.74) is 15.2. The standard InChI is InChI=1S/C26H22FN7O.C19H14FN5.C6H10N2/c1-16-21-13-18(5-8-23(21)31-15-30-16)22-14-29-25(32-24(22)17-3-6-19(27)7-4-17)33-26(35)34-11-9-20(28-2)10-12-34;1-11-15-8-13(4-7-17(15)24-10-23-11)16-9-22-19(21)25-18(16)12-2-5-14(20)6-3-12;7-5-6-1-3-8-4-2-6/h3-8,13-15,20H,9-12H2,1H3,(H,29,32,33,35);2-10H,1H3,(H2,21,22,25);6,8H,1-4H2. The molecule has 68 heavy (non-hydrogen) atoms. The van der Waals surface area contributed by atoms with Gasteiger partial charge in [0.05, 0.1) is 28.5 Å². The number of benzene rings is 4. The quantitative estimate of drug-likeness (QED) is 0.138. The fraction of sp³-hybridized carbons (Fsp3) is 0.235. The zero-order valence-electron chi connectivity index (χ0n) is 37.4. The number of nitrogens with zero attached hydrogens (tertiary/aromatic N) is 11. The summed E-state index contributed by atoms with van der Waals surface area (Å²) in [5.74, 6) is 0.00953. The van der Waals surface area contributed by atoms with Crippen molar-refractivity contribution in [2.24, 2.45) is 5.92 Å². The van der Waals surface area contributed by atoms with E-state index >= 15 is 0 Å². The zero-order chi connectivity index (χ0) is 47.6. The van der Waals surface area contributed by atoms with Gasteiger partial charge in [-0.05, 0) is 124 Å². The lowest BCUT2D eigenvalue weighted by molar-refractivity contribution is 0.198. The van der Waals surface area contributed by atoms with Crippen LogP contribution in [0.4, 0.5) is 25.5 Å². The van der Waals surface area contributed by atoms with Crippen LogP contribution in [-0.4, -0.2) is 83.0 Å². The maximum atomic E-state index is 13.6. The van der Waals surface area contributed by atoms with Gasteiger partial charge in [0.1, 0.15) is 24.3 Å². The van der Waals surface area contributed by atoms with E-state index in [4.69, 9.17) is 17.6 Å². The third-order valence-corrected chi connectivity index (χ3v) is 11.8. The Balaban J connectivity index is 0.000000164. The van der Waals surface area contributed by atoms with Crippen LogP contribution in [0.5, 0.6) is 0 Å². The highest BCUT2D eigenvalue weighted by Gasteiger charge is 2.26. The third kappa shape index (κ3) is 11.0. The number of likely N-dealkylation sites (tertiary alicyclic amines) is 1. The Bertz CT molecular complexity index is 3160. The lowest BCUT2D eigenvalue weighted by Gasteiger charge is -2.27. The average molecular weight is 909 g/mol. The number of amides is 2. The molecule has 10 rings (SSSR count). The van der Waals surface area contributed by atoms with Crippen molar-refractivity contribution < 1.29 is 13.6 Å². The largest absolute Gasteiger partial charge is 0.368 e. The number of piperidine rings is 2. The first-order valence-corrected chi connectivity index (χ1v) is 22.0. The van der Waals surface area contributed by atoms with Crippen molar-refractivity contribution in [2.45, 2.75) is 45.6 Å². The van der Waals surface area contributed by atoms with Gasteiger partial charge in [-0.15, -0.1) is 0 Å². The van der Waals surface area contributed by atoms with Crippen LogP contribution in [0.2, 0.25) is 0 Å². The van der Waals surface area contributed by atoms with Crippen LogP contribution in [-0.2, 0) is 0 Å². The van der Waals surface area contributed by atoms with Crippen molar-refractivity contribution in [1.82, 2.24) is 50.1 Å². The number of nitriles is 1. The zero-order valence-corrected chi connectivity index (χ0v) is 37.4. The lowest BCUT2D eigenvalue weighted by atomic mass is 9.99. The van der Waals surface area contributed by atoms with Gasteiger partial charge in [-0.2, -0.15) is 5.26 Å². The van der Waals surface area contributed by atoms with Crippen molar-refractivity contribution in [3.63, 3.8) is 0 Å². The highest BCUT2D eigenvalue weighted by molar-refractivity contribution is 5.92. The molecule has 2 amide bonds. The summed E-state index contributed by atoms with van der Waals surface area (Å²) in [6, 6.07) is 25.9. The number of nitrogens with two attached hydrogens (primary N) is 1. The summed E-state index contributed by atoms with van der Waals surface area (Å²) in [6.45, 7) is 14.1. The van der Waals surface area contributed by atoms with E-state index in [1.807, 2.05) is 50.2 Å². The molecule has 8 aromatic rings. The van der Waals surface area contributed by atoms with E-state index in [0.717, 1.165) is 86.9 Å². The summed E-state index contributed by atoms with van der Waals surface area (Å²) < 4.78 is 26.9. The summed E-state index contributed by atoms with van der Waals surface area (Å²) in [6.07, 6.45) is 9.81. The van der Waals surface area contributed by atoms with E-state index < -0.39 is 0 Å². The second-order valence-corrected chi connectivity index (χ2v) is 16.3. The maximum absolute atomic E-state index is 13.6. The molecule has 340 valence electrons. The molecule has 4 aromatic carbocycles. The minimum Gasteiger partial charge on any atom is -0.368 e. The predicted molar refractivity (Wildman–Crippen MR) is 257 cm³/mol. The summed E-state index contributed by atoms with van der Waals surface area (Å²) >= 11 is 0. The van der Waals surface area contributed by atoms with Crippen LogP contribution in [0.3, 0.4) is 0 Å². The minimum absolute atomic E-state index is 0.0318. The third-order valence-electron chi connectivity index (χ3n) is 11.8. The number of aromatic nitrogens is 8. The number of nitrogen functional groups attached to an aromatic ring is 1. The number of carbonyl (C=O) groups excluding carboxylic acids is 1. The first-order chi connectivity index (χ1) is 33.1. The number of nitrogens with one attached hydrogen (secondary N) is 2. The van der Waals surface area contributed by atoms with Gasteiger partial charge in [-0.25, -0.2) is 60.0 Å². The van der Waals surface area contributed by atoms with Crippen molar-refractivity contribution in [3.8, 4) is 50.8 Å². The Morgan fingerprint density at radius 1 is 0.721 bits per heavy atom. The predicted octanol–water partition coefficient (Wildman–Crippen LogP) is 9.41. The molecule has 2 fully saturated rings. The first-order valence-electron chi connectivity index (χ1n) is 22.0. The van der Waals surface area contributed by atoms with Gasteiger partial charge in [0, 0.05) is 88.7 Å².